The van der Waals surface area contributed by atoms with Gasteiger partial charge >= 0.3 is 0 Å². The summed E-state index contributed by atoms with van der Waals surface area (Å²) in [6.07, 6.45) is 2.51. The second kappa shape index (κ2) is 9.52. The maximum absolute atomic E-state index is 5.49. The second-order valence-electron chi connectivity index (χ2n) is 4.23. The average molecular weight is 268 g/mol. The van der Waals surface area contributed by atoms with Crippen molar-refractivity contribution in [2.45, 2.75) is 13.3 Å². The standard InChI is InChI=1S/C13H24N4O2/c1-4-8-19-13-10-12(15-11-16-13)17(2)7-5-14-6-9-18-3/h10-11,14H,4-9H2,1-3H3. The lowest BCUT2D eigenvalue weighted by Gasteiger charge is -2.18. The normalized spacial score (nSPS) is 10.5. The van der Waals surface area contributed by atoms with Crippen LogP contribution in [0, 0.1) is 0 Å². The number of nitrogens with zero attached hydrogens (tertiary/aromatic N) is 3. The molecule has 1 N–H and O–H groups in total. The molecule has 1 aromatic heterocycles. The molecule has 0 aliphatic heterocycles. The van der Waals surface area contributed by atoms with E-state index in [1.165, 1.54) is 6.33 Å². The van der Waals surface area contributed by atoms with E-state index in [-0.39, 0.29) is 0 Å². The highest BCUT2D eigenvalue weighted by atomic mass is 16.5. The van der Waals surface area contributed by atoms with Crippen molar-refractivity contribution in [1.82, 2.24) is 15.3 Å². The van der Waals surface area contributed by atoms with Crippen LogP contribution in [0.25, 0.3) is 0 Å². The molecular formula is C13H24N4O2. The van der Waals surface area contributed by atoms with Gasteiger partial charge in [0.25, 0.3) is 0 Å². The molecule has 0 aliphatic rings. The number of nitrogens with one attached hydrogen (secondary N) is 1. The topological polar surface area (TPSA) is 59.5 Å². The van der Waals surface area contributed by atoms with Crippen molar-refractivity contribution in [3.05, 3.63) is 12.4 Å². The highest BCUT2D eigenvalue weighted by molar-refractivity contribution is 5.39. The van der Waals surface area contributed by atoms with Crippen molar-refractivity contribution in [2.75, 3.05) is 51.9 Å². The number of hydrogen-bond acceptors (Lipinski definition) is 6. The molecule has 0 spiro atoms. The molecule has 6 heteroatoms. The van der Waals surface area contributed by atoms with E-state index in [1.54, 1.807) is 7.11 Å². The molecule has 0 radical (unpaired) electrons. The molecule has 0 amide bonds. The first-order chi connectivity index (χ1) is 9.27. The second-order valence-corrected chi connectivity index (χ2v) is 4.23. The summed E-state index contributed by atoms with van der Waals surface area (Å²) >= 11 is 0. The van der Waals surface area contributed by atoms with E-state index in [0.29, 0.717) is 12.5 Å². The summed E-state index contributed by atoms with van der Waals surface area (Å²) in [5, 5.41) is 3.29. The van der Waals surface area contributed by atoms with Crippen molar-refractivity contribution in [2.24, 2.45) is 0 Å². The van der Waals surface area contributed by atoms with Crippen LogP contribution in [-0.2, 0) is 4.74 Å². The predicted octanol–water partition coefficient (Wildman–Crippen LogP) is 0.938. The minimum absolute atomic E-state index is 0.631. The molecule has 0 fully saturated rings. The summed E-state index contributed by atoms with van der Waals surface area (Å²) in [5.74, 6) is 1.50. The molecule has 0 aliphatic carbocycles. The third kappa shape index (κ3) is 6.35. The lowest BCUT2D eigenvalue weighted by molar-refractivity contribution is 0.200. The summed E-state index contributed by atoms with van der Waals surface area (Å²) in [7, 11) is 3.70. The van der Waals surface area contributed by atoms with Gasteiger partial charge in [-0.1, -0.05) is 6.92 Å². The van der Waals surface area contributed by atoms with Gasteiger partial charge in [-0.05, 0) is 6.42 Å². The van der Waals surface area contributed by atoms with Crippen LogP contribution in [0.3, 0.4) is 0 Å². The predicted molar refractivity (Wildman–Crippen MR) is 75.8 cm³/mol. The van der Waals surface area contributed by atoms with Crippen LogP contribution in [0.4, 0.5) is 5.82 Å². The molecule has 0 unspecified atom stereocenters. The van der Waals surface area contributed by atoms with E-state index >= 15 is 0 Å². The average Bonchev–Trinajstić information content (AvgIpc) is 2.45. The fraction of sp³-hybridized carbons (Fsp3) is 0.692. The SMILES string of the molecule is CCCOc1cc(N(C)CCNCCOC)ncn1. The van der Waals surface area contributed by atoms with Crippen LogP contribution >= 0.6 is 0 Å². The van der Waals surface area contributed by atoms with E-state index in [1.807, 2.05) is 13.1 Å². The Bertz CT molecular complexity index is 349. The minimum atomic E-state index is 0.631. The largest absolute Gasteiger partial charge is 0.478 e. The van der Waals surface area contributed by atoms with Crippen molar-refractivity contribution in [3.63, 3.8) is 0 Å². The molecule has 1 rings (SSSR count). The highest BCUT2D eigenvalue weighted by Crippen LogP contribution is 2.14. The van der Waals surface area contributed by atoms with Crippen LogP contribution in [0.1, 0.15) is 13.3 Å². The zero-order chi connectivity index (χ0) is 13.9. The Hall–Kier alpha value is -1.40. The zero-order valence-corrected chi connectivity index (χ0v) is 12.1. The molecule has 6 nitrogen and oxygen atoms in total. The van der Waals surface area contributed by atoms with Crippen LogP contribution < -0.4 is 15.0 Å². The molecule has 0 saturated carbocycles. The fourth-order valence-corrected chi connectivity index (χ4v) is 1.48. The van der Waals surface area contributed by atoms with E-state index in [2.05, 4.69) is 27.1 Å². The summed E-state index contributed by atoms with van der Waals surface area (Å²) in [5.41, 5.74) is 0. The molecule has 0 saturated heterocycles. The summed E-state index contributed by atoms with van der Waals surface area (Å²) in [6, 6.07) is 1.87. The number of methoxy groups -OCH3 is 1. The monoisotopic (exact) mass is 268 g/mol. The third-order valence-electron chi connectivity index (χ3n) is 2.58. The number of ether oxygens (including phenoxy) is 2. The molecule has 1 aromatic rings. The van der Waals surface area contributed by atoms with E-state index < -0.39 is 0 Å². The quantitative estimate of drug-likeness (QED) is 0.637. The van der Waals surface area contributed by atoms with E-state index in [0.717, 1.165) is 38.5 Å². The van der Waals surface area contributed by atoms with Gasteiger partial charge in [-0.15, -0.1) is 0 Å². The Kier molecular flexibility index (Phi) is 7.84. The van der Waals surface area contributed by atoms with Crippen molar-refractivity contribution in [3.8, 4) is 5.88 Å². The number of hydrogen-bond donors (Lipinski definition) is 1. The molecule has 0 atom stereocenters. The molecule has 0 bridgehead atoms. The number of rotatable bonds is 10. The van der Waals surface area contributed by atoms with Crippen LogP contribution in [-0.4, -0.2) is 57.0 Å². The van der Waals surface area contributed by atoms with E-state index in [4.69, 9.17) is 9.47 Å². The Morgan fingerprint density at radius 1 is 1.26 bits per heavy atom. The summed E-state index contributed by atoms with van der Waals surface area (Å²) < 4.78 is 10.5. The van der Waals surface area contributed by atoms with Gasteiger partial charge in [-0.3, -0.25) is 0 Å². The molecular weight excluding hydrogens is 244 g/mol. The lowest BCUT2D eigenvalue weighted by atomic mass is 10.4. The van der Waals surface area contributed by atoms with E-state index in [9.17, 15) is 0 Å². The van der Waals surface area contributed by atoms with Crippen molar-refractivity contribution in [1.29, 1.82) is 0 Å². The Morgan fingerprint density at radius 3 is 2.84 bits per heavy atom. The maximum Gasteiger partial charge on any atom is 0.218 e. The fourth-order valence-electron chi connectivity index (χ4n) is 1.48. The number of aromatic nitrogens is 2. The zero-order valence-electron chi connectivity index (χ0n) is 12.1. The first-order valence-electron chi connectivity index (χ1n) is 6.63. The summed E-state index contributed by atoms with van der Waals surface area (Å²) in [4.78, 5) is 10.4. The number of anilines is 1. The maximum atomic E-state index is 5.49. The van der Waals surface area contributed by atoms with Gasteiger partial charge in [-0.2, -0.15) is 0 Å². The van der Waals surface area contributed by atoms with Gasteiger partial charge in [0.15, 0.2) is 0 Å². The first-order valence-corrected chi connectivity index (χ1v) is 6.63. The molecule has 19 heavy (non-hydrogen) atoms. The van der Waals surface area contributed by atoms with Gasteiger partial charge in [0.1, 0.15) is 12.1 Å². The molecule has 108 valence electrons. The van der Waals surface area contributed by atoms with Crippen molar-refractivity contribution < 1.29 is 9.47 Å². The van der Waals surface area contributed by atoms with Gasteiger partial charge in [-0.25, -0.2) is 9.97 Å². The smallest absolute Gasteiger partial charge is 0.218 e. The van der Waals surface area contributed by atoms with Crippen LogP contribution in [0.5, 0.6) is 5.88 Å². The summed E-state index contributed by atoms with van der Waals surface area (Å²) in [6.45, 7) is 6.09. The van der Waals surface area contributed by atoms with Crippen LogP contribution in [0.2, 0.25) is 0 Å². The third-order valence-corrected chi connectivity index (χ3v) is 2.58. The Morgan fingerprint density at radius 2 is 2.11 bits per heavy atom. The Balaban J connectivity index is 2.36. The van der Waals surface area contributed by atoms with Crippen molar-refractivity contribution >= 4 is 5.82 Å². The Labute approximate surface area is 115 Å². The molecule has 1 heterocycles. The van der Waals surface area contributed by atoms with Gasteiger partial charge in [0.2, 0.25) is 5.88 Å². The number of likely N-dealkylation sites (N-methyl/N-ethyl adjacent to an activating group) is 1. The highest BCUT2D eigenvalue weighted by Gasteiger charge is 2.04. The first kappa shape index (κ1) is 15.7. The van der Waals surface area contributed by atoms with Crippen LogP contribution in [0.15, 0.2) is 12.4 Å². The van der Waals surface area contributed by atoms with Gasteiger partial charge in [0.05, 0.1) is 13.2 Å². The minimum Gasteiger partial charge on any atom is -0.478 e. The van der Waals surface area contributed by atoms with Gasteiger partial charge in [0, 0.05) is 39.9 Å². The lowest BCUT2D eigenvalue weighted by Crippen LogP contribution is -2.31. The molecule has 0 aromatic carbocycles. The van der Waals surface area contributed by atoms with Gasteiger partial charge < -0.3 is 19.7 Å².